The zero-order valence-electron chi connectivity index (χ0n) is 19.3. The monoisotopic (exact) mass is 549 g/mol. The summed E-state index contributed by atoms with van der Waals surface area (Å²) in [6, 6.07) is 8.15. The number of benzene rings is 2. The fraction of sp³-hybridized carbons (Fsp3) is 0.208. The lowest BCUT2D eigenvalue weighted by Crippen LogP contribution is -2.54. The van der Waals surface area contributed by atoms with Gasteiger partial charge in [-0.25, -0.2) is 0 Å². The summed E-state index contributed by atoms with van der Waals surface area (Å²) in [5.41, 5.74) is -0.161. The molecule has 38 heavy (non-hydrogen) atoms. The normalized spacial score (nSPS) is 17.7. The number of anilines is 3. The maximum Gasteiger partial charge on any atom is 0.417 e. The van der Waals surface area contributed by atoms with Crippen molar-refractivity contribution in [3.8, 4) is 0 Å². The maximum atomic E-state index is 12.8. The lowest BCUT2D eigenvalue weighted by Gasteiger charge is -2.28. The second kappa shape index (κ2) is 10.5. The molecule has 5 amide bonds. The van der Waals surface area contributed by atoms with Crippen molar-refractivity contribution < 1.29 is 37.1 Å². The minimum absolute atomic E-state index is 0.00340. The molecule has 1 unspecified atom stereocenters. The molecule has 10 nitrogen and oxygen atoms in total. The Balaban J connectivity index is 1.34. The van der Waals surface area contributed by atoms with Crippen LogP contribution in [0.1, 0.15) is 18.4 Å². The number of alkyl halides is 3. The van der Waals surface area contributed by atoms with E-state index in [0.717, 1.165) is 29.2 Å². The predicted molar refractivity (Wildman–Crippen MR) is 130 cm³/mol. The van der Waals surface area contributed by atoms with E-state index in [1.54, 1.807) is 24.3 Å². The largest absolute Gasteiger partial charge is 0.417 e. The molecule has 1 fully saturated rings. The highest BCUT2D eigenvalue weighted by Crippen LogP contribution is 2.35. The van der Waals surface area contributed by atoms with Crippen LogP contribution >= 0.6 is 11.6 Å². The molecule has 0 radical (unpaired) electrons. The predicted octanol–water partition coefficient (Wildman–Crippen LogP) is 2.88. The number of piperidine rings is 1. The molecule has 0 saturated carbocycles. The highest BCUT2D eigenvalue weighted by molar-refractivity contribution is 6.31. The number of nitrogens with one attached hydrogen (secondary N) is 4. The number of nitrogens with zero attached hydrogens (tertiary/aromatic N) is 1. The molecule has 14 heteroatoms. The van der Waals surface area contributed by atoms with Gasteiger partial charge in [0.1, 0.15) is 11.7 Å². The zero-order chi connectivity index (χ0) is 27.6. The number of hydrogen-bond donors (Lipinski definition) is 4. The van der Waals surface area contributed by atoms with E-state index in [4.69, 9.17) is 11.6 Å². The number of halogens is 4. The summed E-state index contributed by atoms with van der Waals surface area (Å²) in [4.78, 5) is 61.7. The highest BCUT2D eigenvalue weighted by atomic mass is 35.5. The summed E-state index contributed by atoms with van der Waals surface area (Å²) >= 11 is 5.66. The van der Waals surface area contributed by atoms with E-state index in [0.29, 0.717) is 11.4 Å². The average molecular weight is 550 g/mol. The van der Waals surface area contributed by atoms with E-state index in [9.17, 15) is 37.1 Å². The standard InChI is InChI=1S/C24H19ClF3N5O5/c25-16-9-14(4-5-15(16)24(26,27)28)31-20(35)11-29-12-2-1-3-13(8-12)30-17-10-21(36)33(23(17)38)18-6-7-19(34)32-22(18)37/h1-5,8-10,18,29-30H,6-7,11H2,(H,31,35)(H,32,34,37). The van der Waals surface area contributed by atoms with Crippen molar-refractivity contribution in [3.05, 3.63) is 64.8 Å². The van der Waals surface area contributed by atoms with Crippen molar-refractivity contribution in [2.45, 2.75) is 25.1 Å². The maximum absolute atomic E-state index is 12.8. The summed E-state index contributed by atoms with van der Waals surface area (Å²) in [7, 11) is 0. The highest BCUT2D eigenvalue weighted by Gasteiger charge is 2.42. The number of rotatable bonds is 7. The zero-order valence-corrected chi connectivity index (χ0v) is 20.1. The van der Waals surface area contributed by atoms with Gasteiger partial charge in [0.05, 0.1) is 17.1 Å². The molecule has 1 saturated heterocycles. The van der Waals surface area contributed by atoms with Crippen molar-refractivity contribution in [1.82, 2.24) is 10.2 Å². The van der Waals surface area contributed by atoms with Crippen molar-refractivity contribution in [2.24, 2.45) is 0 Å². The van der Waals surface area contributed by atoms with Crippen LogP contribution in [0.3, 0.4) is 0 Å². The Morgan fingerprint density at radius 2 is 1.79 bits per heavy atom. The van der Waals surface area contributed by atoms with Gasteiger partial charge in [-0.3, -0.25) is 34.2 Å². The number of carbonyl (C=O) groups excluding carboxylic acids is 5. The molecule has 2 aliphatic rings. The number of carbonyl (C=O) groups is 5. The Labute approximate surface area is 218 Å². The lowest BCUT2D eigenvalue weighted by molar-refractivity contribution is -0.149. The average Bonchev–Trinajstić information content (AvgIpc) is 3.10. The number of imide groups is 2. The first kappa shape index (κ1) is 26.7. The van der Waals surface area contributed by atoms with Crippen LogP contribution in [0.2, 0.25) is 5.02 Å². The van der Waals surface area contributed by atoms with E-state index >= 15 is 0 Å². The Bertz CT molecular complexity index is 1380. The molecule has 0 aliphatic carbocycles. The molecule has 4 N–H and O–H groups in total. The van der Waals surface area contributed by atoms with Crippen LogP contribution in [0.5, 0.6) is 0 Å². The van der Waals surface area contributed by atoms with Gasteiger partial charge in [-0.05, 0) is 42.8 Å². The molecular formula is C24H19ClF3N5O5. The van der Waals surface area contributed by atoms with Gasteiger partial charge < -0.3 is 16.0 Å². The Morgan fingerprint density at radius 1 is 1.05 bits per heavy atom. The van der Waals surface area contributed by atoms with Gasteiger partial charge in [0.25, 0.3) is 11.8 Å². The lowest BCUT2D eigenvalue weighted by atomic mass is 10.0. The van der Waals surface area contributed by atoms with Gasteiger partial charge in [0.15, 0.2) is 0 Å². The first-order chi connectivity index (χ1) is 17.9. The third-order valence-corrected chi connectivity index (χ3v) is 5.94. The molecule has 2 aliphatic heterocycles. The van der Waals surface area contributed by atoms with Gasteiger partial charge in [0, 0.05) is 29.6 Å². The summed E-state index contributed by atoms with van der Waals surface area (Å²) in [5.74, 6) is -3.17. The summed E-state index contributed by atoms with van der Waals surface area (Å²) < 4.78 is 38.5. The molecule has 0 spiro atoms. The van der Waals surface area contributed by atoms with Crippen LogP contribution < -0.4 is 21.3 Å². The van der Waals surface area contributed by atoms with Gasteiger partial charge in [0.2, 0.25) is 17.7 Å². The second-order valence-corrected chi connectivity index (χ2v) is 8.75. The third-order valence-electron chi connectivity index (χ3n) is 5.63. The fourth-order valence-corrected chi connectivity index (χ4v) is 4.16. The van der Waals surface area contributed by atoms with Crippen molar-refractivity contribution in [3.63, 3.8) is 0 Å². The van der Waals surface area contributed by atoms with Crippen LogP contribution in [0, 0.1) is 0 Å². The van der Waals surface area contributed by atoms with E-state index < -0.39 is 52.3 Å². The van der Waals surface area contributed by atoms with E-state index in [1.165, 1.54) is 0 Å². The van der Waals surface area contributed by atoms with Crippen LogP contribution in [0.15, 0.2) is 54.2 Å². The molecule has 2 heterocycles. The third kappa shape index (κ3) is 5.94. The molecule has 0 bridgehead atoms. The minimum atomic E-state index is -4.62. The second-order valence-electron chi connectivity index (χ2n) is 8.34. The quantitative estimate of drug-likeness (QED) is 0.390. The molecule has 4 rings (SSSR count). The molecule has 0 aromatic heterocycles. The van der Waals surface area contributed by atoms with E-state index in [2.05, 4.69) is 21.3 Å². The van der Waals surface area contributed by atoms with Crippen LogP contribution in [0.25, 0.3) is 0 Å². The molecule has 1 atom stereocenters. The van der Waals surface area contributed by atoms with Gasteiger partial charge in [-0.1, -0.05) is 17.7 Å². The molecule has 198 valence electrons. The molecule has 2 aromatic rings. The Kier molecular flexibility index (Phi) is 7.39. The van der Waals surface area contributed by atoms with Gasteiger partial charge in [-0.2, -0.15) is 13.2 Å². The van der Waals surface area contributed by atoms with Crippen molar-refractivity contribution >= 4 is 58.2 Å². The first-order valence-corrected chi connectivity index (χ1v) is 11.5. The van der Waals surface area contributed by atoms with Crippen molar-refractivity contribution in [2.75, 3.05) is 22.5 Å². The van der Waals surface area contributed by atoms with E-state index in [1.807, 2.05) is 0 Å². The topological polar surface area (TPSA) is 137 Å². The molecule has 2 aromatic carbocycles. The molecular weight excluding hydrogens is 531 g/mol. The van der Waals surface area contributed by atoms with Crippen molar-refractivity contribution in [1.29, 1.82) is 0 Å². The smallest absolute Gasteiger partial charge is 0.376 e. The van der Waals surface area contributed by atoms with Gasteiger partial charge >= 0.3 is 6.18 Å². The fourth-order valence-electron chi connectivity index (χ4n) is 3.87. The summed E-state index contributed by atoms with van der Waals surface area (Å²) in [6.07, 6.45) is -3.53. The summed E-state index contributed by atoms with van der Waals surface area (Å²) in [6.45, 7) is -0.245. The van der Waals surface area contributed by atoms with Crippen LogP contribution in [0.4, 0.5) is 30.2 Å². The minimum Gasteiger partial charge on any atom is -0.376 e. The Morgan fingerprint density at radius 3 is 2.47 bits per heavy atom. The number of amides is 5. The number of hydrogen-bond acceptors (Lipinski definition) is 7. The summed E-state index contributed by atoms with van der Waals surface area (Å²) in [5, 5.41) is 9.65. The van der Waals surface area contributed by atoms with Crippen LogP contribution in [-0.2, 0) is 30.1 Å². The Hall–Kier alpha value is -4.39. The van der Waals surface area contributed by atoms with Crippen LogP contribution in [-0.4, -0.2) is 47.0 Å². The van der Waals surface area contributed by atoms with E-state index in [-0.39, 0.29) is 30.8 Å². The van der Waals surface area contributed by atoms with Gasteiger partial charge in [-0.15, -0.1) is 0 Å². The first-order valence-electron chi connectivity index (χ1n) is 11.1. The SMILES string of the molecule is O=C1CCC(N2C(=O)C=C(Nc3cccc(NCC(=O)Nc4ccc(C(F)(F)F)c(Cl)c4)c3)C2=O)C(=O)N1.